The molecule has 0 aromatic heterocycles. The van der Waals surface area contributed by atoms with Crippen molar-refractivity contribution in [3.05, 3.63) is 106 Å². The summed E-state index contributed by atoms with van der Waals surface area (Å²) in [4.78, 5) is 31.0. The van der Waals surface area contributed by atoms with Crippen LogP contribution in [0, 0.1) is 23.5 Å². The minimum Gasteiger partial charge on any atom is -0.390 e. The van der Waals surface area contributed by atoms with Crippen LogP contribution in [0.5, 0.6) is 0 Å². The summed E-state index contributed by atoms with van der Waals surface area (Å²) in [6.07, 6.45) is 1.36. The molecule has 0 bridgehead atoms. The zero-order valence-electron chi connectivity index (χ0n) is 28.2. The van der Waals surface area contributed by atoms with Crippen molar-refractivity contribution < 1.29 is 23.5 Å². The minimum absolute atomic E-state index is 0.0243. The van der Waals surface area contributed by atoms with Gasteiger partial charge in [-0.1, -0.05) is 56.9 Å². The second-order valence-corrected chi connectivity index (χ2v) is 12.1. The van der Waals surface area contributed by atoms with Gasteiger partial charge in [-0.15, -0.1) is 0 Å². The summed E-state index contributed by atoms with van der Waals surface area (Å²) in [5.74, 6) is 3.90. The standard InChI is InChI=1S/C38H48F2N4O3/c1-6-14-44(15-7-2)38(47)32-19-28(13-10-16-43(4)5)18-31(23-32)37(46)42-35(22-30-20-33(39)24-34(40)21-30)36(45)26-41-25-29-12-9-11-27(8-3)17-29/h9,11-12,17-21,23-24,35-36,41,45H,6-8,14-16,22,25-26H2,1-5H3,(H,42,46)/t35-,36+/m0/s1. The number of halogens is 2. The minimum atomic E-state index is -1.10. The van der Waals surface area contributed by atoms with Crippen LogP contribution in [0.4, 0.5) is 8.78 Å². The number of hydrogen-bond donors (Lipinski definition) is 3. The molecule has 9 heteroatoms. The van der Waals surface area contributed by atoms with Crippen molar-refractivity contribution in [1.29, 1.82) is 0 Å². The number of rotatable bonds is 16. The topological polar surface area (TPSA) is 84.9 Å². The van der Waals surface area contributed by atoms with E-state index in [2.05, 4.69) is 41.5 Å². The number of hydrogen-bond acceptors (Lipinski definition) is 5. The van der Waals surface area contributed by atoms with Crippen LogP contribution in [-0.2, 0) is 19.4 Å². The third-order valence-corrected chi connectivity index (χ3v) is 7.59. The fraction of sp³-hybridized carbons (Fsp3) is 0.421. The van der Waals surface area contributed by atoms with E-state index in [0.29, 0.717) is 37.3 Å². The van der Waals surface area contributed by atoms with Crippen LogP contribution in [0.25, 0.3) is 0 Å². The first-order chi connectivity index (χ1) is 22.5. The Kier molecular flexibility index (Phi) is 15.0. The third kappa shape index (κ3) is 12.2. The van der Waals surface area contributed by atoms with E-state index in [1.54, 1.807) is 17.0 Å². The number of carbonyl (C=O) groups is 2. The highest BCUT2D eigenvalue weighted by Gasteiger charge is 2.24. The van der Waals surface area contributed by atoms with E-state index in [4.69, 9.17) is 0 Å². The molecule has 0 aliphatic heterocycles. The molecule has 0 unspecified atom stereocenters. The van der Waals surface area contributed by atoms with Gasteiger partial charge in [-0.3, -0.25) is 14.5 Å². The summed E-state index contributed by atoms with van der Waals surface area (Å²) in [6, 6.07) is 15.2. The fourth-order valence-corrected chi connectivity index (χ4v) is 5.28. The predicted octanol–water partition coefficient (Wildman–Crippen LogP) is 5.19. The van der Waals surface area contributed by atoms with Crippen molar-refractivity contribution in [3.63, 3.8) is 0 Å². The van der Waals surface area contributed by atoms with Crippen LogP contribution >= 0.6 is 0 Å². The lowest BCUT2D eigenvalue weighted by molar-refractivity contribution is 0.0755. The van der Waals surface area contributed by atoms with Gasteiger partial charge in [0.05, 0.1) is 18.7 Å². The lowest BCUT2D eigenvalue weighted by atomic mass is 9.99. The second kappa shape index (κ2) is 18.9. The van der Waals surface area contributed by atoms with E-state index in [1.807, 2.05) is 45.0 Å². The number of aliphatic hydroxyl groups is 1. The highest BCUT2D eigenvalue weighted by Crippen LogP contribution is 2.16. The first kappa shape index (κ1) is 37.4. The highest BCUT2D eigenvalue weighted by atomic mass is 19.1. The Labute approximate surface area is 278 Å². The molecule has 0 aliphatic rings. The molecule has 3 aromatic rings. The maximum atomic E-state index is 14.1. The summed E-state index contributed by atoms with van der Waals surface area (Å²) in [6.45, 7) is 8.35. The van der Waals surface area contributed by atoms with Crippen LogP contribution in [0.1, 0.15) is 76.6 Å². The molecular formula is C38H48F2N4O3. The average Bonchev–Trinajstić information content (AvgIpc) is 3.03. The Morgan fingerprint density at radius 1 is 0.872 bits per heavy atom. The lowest BCUT2D eigenvalue weighted by Crippen LogP contribution is -2.48. The summed E-state index contributed by atoms with van der Waals surface area (Å²) in [5.41, 5.74) is 3.59. The molecule has 2 atom stereocenters. The van der Waals surface area contributed by atoms with E-state index in [-0.39, 0.29) is 30.0 Å². The monoisotopic (exact) mass is 646 g/mol. The Hall–Kier alpha value is -4.10. The zero-order valence-corrected chi connectivity index (χ0v) is 28.2. The maximum Gasteiger partial charge on any atom is 0.253 e. The molecule has 47 heavy (non-hydrogen) atoms. The van der Waals surface area contributed by atoms with E-state index in [9.17, 15) is 23.5 Å². The largest absolute Gasteiger partial charge is 0.390 e. The van der Waals surface area contributed by atoms with Crippen molar-refractivity contribution in [2.75, 3.05) is 40.3 Å². The summed E-state index contributed by atoms with van der Waals surface area (Å²) < 4.78 is 28.2. The summed E-state index contributed by atoms with van der Waals surface area (Å²) in [7, 11) is 3.79. The third-order valence-electron chi connectivity index (χ3n) is 7.59. The van der Waals surface area contributed by atoms with Gasteiger partial charge in [-0.2, -0.15) is 0 Å². The summed E-state index contributed by atoms with van der Waals surface area (Å²) in [5, 5.41) is 17.4. The van der Waals surface area contributed by atoms with Gasteiger partial charge in [-0.05, 0) is 86.8 Å². The van der Waals surface area contributed by atoms with Crippen molar-refractivity contribution >= 4 is 11.8 Å². The molecule has 7 nitrogen and oxygen atoms in total. The second-order valence-electron chi connectivity index (χ2n) is 12.1. The van der Waals surface area contributed by atoms with Gasteiger partial charge in [0.2, 0.25) is 0 Å². The molecular weight excluding hydrogens is 598 g/mol. The van der Waals surface area contributed by atoms with Gasteiger partial charge < -0.3 is 20.6 Å². The molecule has 0 fully saturated rings. The average molecular weight is 647 g/mol. The van der Waals surface area contributed by atoms with E-state index < -0.39 is 29.7 Å². The molecule has 252 valence electrons. The fourth-order valence-electron chi connectivity index (χ4n) is 5.28. The van der Waals surface area contributed by atoms with Gasteiger partial charge in [-0.25, -0.2) is 8.78 Å². The quantitative estimate of drug-likeness (QED) is 0.187. The van der Waals surface area contributed by atoms with Gasteiger partial charge in [0, 0.05) is 48.9 Å². The lowest BCUT2D eigenvalue weighted by Gasteiger charge is -2.25. The first-order valence-electron chi connectivity index (χ1n) is 16.3. The Balaban J connectivity index is 1.91. The van der Waals surface area contributed by atoms with E-state index >= 15 is 0 Å². The van der Waals surface area contributed by atoms with E-state index in [1.165, 1.54) is 23.8 Å². The molecule has 0 aliphatic carbocycles. The SMILES string of the molecule is CCCN(CCC)C(=O)c1cc(C#CCN(C)C)cc(C(=O)N[C@@H](Cc2cc(F)cc(F)c2)[C@H](O)CNCc2cccc(CC)c2)c1. The smallest absolute Gasteiger partial charge is 0.253 e. The van der Waals surface area contributed by atoms with Crippen molar-refractivity contribution in [3.8, 4) is 11.8 Å². The Bertz CT molecular complexity index is 1520. The van der Waals surface area contributed by atoms with Gasteiger partial charge in [0.25, 0.3) is 11.8 Å². The van der Waals surface area contributed by atoms with Crippen molar-refractivity contribution in [2.45, 2.75) is 65.1 Å². The van der Waals surface area contributed by atoms with E-state index in [0.717, 1.165) is 30.9 Å². The predicted molar refractivity (Wildman–Crippen MR) is 183 cm³/mol. The molecule has 3 aromatic carbocycles. The molecule has 3 rings (SSSR count). The summed E-state index contributed by atoms with van der Waals surface area (Å²) >= 11 is 0. The number of nitrogens with zero attached hydrogens (tertiary/aromatic N) is 2. The molecule has 0 heterocycles. The van der Waals surface area contributed by atoms with Crippen LogP contribution in [-0.4, -0.2) is 79.1 Å². The normalized spacial score (nSPS) is 12.3. The van der Waals surface area contributed by atoms with Crippen molar-refractivity contribution in [1.82, 2.24) is 20.4 Å². The van der Waals surface area contributed by atoms with Crippen LogP contribution in [0.15, 0.2) is 60.7 Å². The first-order valence-corrected chi connectivity index (χ1v) is 16.3. The molecule has 3 N–H and O–H groups in total. The van der Waals surface area contributed by atoms with Crippen LogP contribution in [0.3, 0.4) is 0 Å². The maximum absolute atomic E-state index is 14.1. The number of carbonyl (C=O) groups excluding carboxylic acids is 2. The Morgan fingerprint density at radius 2 is 1.53 bits per heavy atom. The van der Waals surface area contributed by atoms with Crippen molar-refractivity contribution in [2.24, 2.45) is 0 Å². The molecule has 0 radical (unpaired) electrons. The van der Waals surface area contributed by atoms with Crippen LogP contribution in [0.2, 0.25) is 0 Å². The van der Waals surface area contributed by atoms with Crippen LogP contribution < -0.4 is 10.6 Å². The molecule has 2 amide bonds. The number of benzene rings is 3. The number of nitrogens with one attached hydrogen (secondary N) is 2. The molecule has 0 spiro atoms. The molecule has 0 saturated carbocycles. The number of aryl methyl sites for hydroxylation is 1. The van der Waals surface area contributed by atoms with Gasteiger partial charge in [0.15, 0.2) is 0 Å². The Morgan fingerprint density at radius 3 is 2.17 bits per heavy atom. The van der Waals surface area contributed by atoms with Gasteiger partial charge in [0.1, 0.15) is 11.6 Å². The highest BCUT2D eigenvalue weighted by molar-refractivity contribution is 6.00. The zero-order chi connectivity index (χ0) is 34.3. The number of aliphatic hydroxyl groups excluding tert-OH is 1. The number of amides is 2. The molecule has 0 saturated heterocycles. The van der Waals surface area contributed by atoms with Gasteiger partial charge >= 0.3 is 0 Å².